The molecule has 2 aliphatic carbocycles. The highest BCUT2D eigenvalue weighted by Crippen LogP contribution is 2.29. The molecule has 4 atom stereocenters. The van der Waals surface area contributed by atoms with Crippen LogP contribution in [0.25, 0.3) is 36.5 Å². The van der Waals surface area contributed by atoms with Crippen LogP contribution in [0, 0.1) is 34.5 Å². The maximum absolute atomic E-state index is 12.9. The Labute approximate surface area is 412 Å². The van der Waals surface area contributed by atoms with E-state index in [1.807, 2.05) is 24.3 Å². The summed E-state index contributed by atoms with van der Waals surface area (Å²) in [6.45, 7) is 12.1. The van der Waals surface area contributed by atoms with Gasteiger partial charge >= 0.3 is 0 Å². The summed E-state index contributed by atoms with van der Waals surface area (Å²) in [5.74, 6) is 0.301. The third-order valence-corrected chi connectivity index (χ3v) is 15.5. The lowest BCUT2D eigenvalue weighted by molar-refractivity contribution is -0.119. The minimum Gasteiger partial charge on any atom is -0.367 e. The molecule has 350 valence electrons. The predicted octanol–water partition coefficient (Wildman–Crippen LogP) is 13.4. The fraction of sp³-hybridized carbons (Fsp3) is 0.345. The van der Waals surface area contributed by atoms with Gasteiger partial charge in [-0.25, -0.2) is 0 Å². The molecular weight excluding hydrogens is 877 g/mol. The SMILES string of the molecule is CCN(Cc1ccccc1CN(CC)c1ccc(/C=C/c2ccc(/C=C(\C#N)C(=O)NC3CCCCC3C)s2)cc1)c1ccc(/C=C/c2ccc(/C=C(\C#N)C(=O)NC3CCCCC3C)s2)cc1. The molecule has 2 heterocycles. The van der Waals surface area contributed by atoms with Crippen molar-refractivity contribution in [3.05, 3.63) is 150 Å². The molecule has 2 aliphatic rings. The molecule has 68 heavy (non-hydrogen) atoms. The highest BCUT2D eigenvalue weighted by molar-refractivity contribution is 7.14. The Kier molecular flexibility index (Phi) is 17.8. The lowest BCUT2D eigenvalue weighted by atomic mass is 9.86. The maximum Gasteiger partial charge on any atom is 0.262 e. The zero-order valence-corrected chi connectivity index (χ0v) is 41.6. The van der Waals surface area contributed by atoms with Crippen LogP contribution in [0.2, 0.25) is 0 Å². The number of hydrogen-bond donors (Lipinski definition) is 2. The smallest absolute Gasteiger partial charge is 0.262 e. The van der Waals surface area contributed by atoms with Crippen molar-refractivity contribution in [1.29, 1.82) is 10.5 Å². The molecule has 2 fully saturated rings. The molecule has 2 aromatic heterocycles. The minimum absolute atomic E-state index is 0.132. The van der Waals surface area contributed by atoms with Crippen molar-refractivity contribution in [2.75, 3.05) is 22.9 Å². The highest BCUT2D eigenvalue weighted by atomic mass is 32.1. The van der Waals surface area contributed by atoms with E-state index in [0.717, 1.165) is 107 Å². The number of thiophene rings is 2. The first-order valence-corrected chi connectivity index (χ1v) is 25.9. The van der Waals surface area contributed by atoms with Crippen molar-refractivity contribution in [3.8, 4) is 12.1 Å². The largest absolute Gasteiger partial charge is 0.367 e. The molecule has 7 rings (SSSR count). The molecule has 10 heteroatoms. The van der Waals surface area contributed by atoms with Crippen LogP contribution in [-0.2, 0) is 22.7 Å². The number of hydrogen-bond acceptors (Lipinski definition) is 8. The van der Waals surface area contributed by atoms with Crippen LogP contribution in [-0.4, -0.2) is 37.0 Å². The molecule has 0 spiro atoms. The number of nitriles is 2. The summed E-state index contributed by atoms with van der Waals surface area (Å²) in [7, 11) is 0. The zero-order valence-electron chi connectivity index (χ0n) is 39.9. The van der Waals surface area contributed by atoms with Crippen molar-refractivity contribution in [2.45, 2.75) is 104 Å². The summed E-state index contributed by atoms with van der Waals surface area (Å²) in [4.78, 5) is 34.5. The van der Waals surface area contributed by atoms with Crippen LogP contribution in [0.1, 0.15) is 121 Å². The number of carbonyl (C=O) groups excluding carboxylic acids is 2. The normalized spacial score (nSPS) is 18.8. The average Bonchev–Trinajstić information content (AvgIpc) is 4.03. The first-order valence-electron chi connectivity index (χ1n) is 24.3. The Hall–Kier alpha value is -6.46. The fourth-order valence-electron chi connectivity index (χ4n) is 9.20. The van der Waals surface area contributed by atoms with E-state index in [1.54, 1.807) is 34.8 Å². The van der Waals surface area contributed by atoms with Crippen LogP contribution in [0.15, 0.2) is 108 Å². The van der Waals surface area contributed by atoms with Crippen molar-refractivity contribution in [1.82, 2.24) is 10.6 Å². The summed E-state index contributed by atoms with van der Waals surface area (Å²) in [6, 6.07) is 38.6. The lowest BCUT2D eigenvalue weighted by Crippen LogP contribution is -2.41. The van der Waals surface area contributed by atoms with Gasteiger partial charge in [0.05, 0.1) is 0 Å². The zero-order chi connectivity index (χ0) is 47.8. The lowest BCUT2D eigenvalue weighted by Gasteiger charge is -2.29. The minimum atomic E-state index is -0.280. The van der Waals surface area contributed by atoms with Crippen molar-refractivity contribution in [3.63, 3.8) is 0 Å². The summed E-state index contributed by atoms with van der Waals surface area (Å²) in [5.41, 5.74) is 7.42. The molecule has 8 nitrogen and oxygen atoms in total. The highest BCUT2D eigenvalue weighted by Gasteiger charge is 2.25. The molecule has 0 saturated heterocycles. The summed E-state index contributed by atoms with van der Waals surface area (Å²) < 4.78 is 0. The monoisotopic (exact) mass is 940 g/mol. The Balaban J connectivity index is 0.928. The van der Waals surface area contributed by atoms with Gasteiger partial charge in [0.1, 0.15) is 23.3 Å². The van der Waals surface area contributed by atoms with E-state index in [4.69, 9.17) is 0 Å². The number of amides is 2. The first-order chi connectivity index (χ1) is 33.1. The van der Waals surface area contributed by atoms with E-state index >= 15 is 0 Å². The number of rotatable bonds is 18. The van der Waals surface area contributed by atoms with Gasteiger partial charge in [0.2, 0.25) is 0 Å². The van der Waals surface area contributed by atoms with Crippen LogP contribution in [0.4, 0.5) is 11.4 Å². The molecule has 2 amide bonds. The fourth-order valence-corrected chi connectivity index (χ4v) is 10.9. The Morgan fingerprint density at radius 1 is 0.559 bits per heavy atom. The number of carbonyl (C=O) groups is 2. The first kappa shape index (κ1) is 49.4. The second-order valence-corrected chi connectivity index (χ2v) is 20.4. The number of anilines is 2. The average molecular weight is 941 g/mol. The molecule has 5 aromatic rings. The molecule has 0 aliphatic heterocycles. The van der Waals surface area contributed by atoms with Gasteiger partial charge in [-0.3, -0.25) is 9.59 Å². The molecule has 4 unspecified atom stereocenters. The maximum atomic E-state index is 12.9. The van der Waals surface area contributed by atoms with E-state index in [-0.39, 0.29) is 35.0 Å². The second kappa shape index (κ2) is 24.5. The van der Waals surface area contributed by atoms with Gasteiger partial charge < -0.3 is 20.4 Å². The Morgan fingerprint density at radius 3 is 1.31 bits per heavy atom. The Bertz CT molecular complexity index is 2510. The van der Waals surface area contributed by atoms with Gasteiger partial charge in [0.25, 0.3) is 11.8 Å². The van der Waals surface area contributed by atoms with Gasteiger partial charge in [-0.15, -0.1) is 22.7 Å². The number of nitrogens with zero attached hydrogens (tertiary/aromatic N) is 4. The van der Waals surface area contributed by atoms with Gasteiger partial charge in [0, 0.05) is 69.1 Å². The summed E-state index contributed by atoms with van der Waals surface area (Å²) in [5, 5.41) is 25.7. The predicted molar refractivity (Wildman–Crippen MR) is 286 cm³/mol. The van der Waals surface area contributed by atoms with E-state index in [9.17, 15) is 20.1 Å². The second-order valence-electron chi connectivity index (χ2n) is 18.2. The van der Waals surface area contributed by atoms with Crippen molar-refractivity contribution >= 4 is 82.3 Å². The number of nitrogens with one attached hydrogen (secondary N) is 2. The molecule has 2 saturated carbocycles. The third-order valence-electron chi connectivity index (χ3n) is 13.5. The molecular formula is C58H64N6O2S2. The van der Waals surface area contributed by atoms with Crippen molar-refractivity contribution in [2.24, 2.45) is 11.8 Å². The van der Waals surface area contributed by atoms with Crippen LogP contribution in [0.5, 0.6) is 0 Å². The van der Waals surface area contributed by atoms with Gasteiger partial charge in [0.15, 0.2) is 0 Å². The molecule has 0 bridgehead atoms. The molecule has 0 radical (unpaired) electrons. The quantitative estimate of drug-likeness (QED) is 0.0668. The topological polar surface area (TPSA) is 112 Å². The van der Waals surface area contributed by atoms with Crippen molar-refractivity contribution < 1.29 is 9.59 Å². The summed E-state index contributed by atoms with van der Waals surface area (Å²) >= 11 is 3.12. The van der Waals surface area contributed by atoms with Gasteiger partial charge in [-0.05, 0) is 146 Å². The van der Waals surface area contributed by atoms with E-state index in [1.165, 1.54) is 24.0 Å². The van der Waals surface area contributed by atoms with Gasteiger partial charge in [-0.2, -0.15) is 10.5 Å². The van der Waals surface area contributed by atoms with E-state index < -0.39 is 0 Å². The van der Waals surface area contributed by atoms with E-state index in [2.05, 4.69) is 157 Å². The number of benzene rings is 3. The van der Waals surface area contributed by atoms with Crippen LogP contribution >= 0.6 is 22.7 Å². The molecule has 3 aromatic carbocycles. The summed E-state index contributed by atoms with van der Waals surface area (Å²) in [6.07, 6.45) is 20.6. The standard InChI is InChI=1S/C58H64N6O2S2/c1-5-63(49-25-19-43(20-26-49)23-29-51-31-33-53(67-51)35-47(37-59)57(65)61-55-17-11-7-13-41(55)3)39-45-15-9-10-16-46(45)40-64(6-2)50-27-21-44(22-28-50)24-30-52-32-34-54(68-52)36-48(38-60)58(66)62-56-18-12-8-14-42(56)4/h9-10,15-16,19-36,41-42,55-56H,5-8,11-14,17-18,39-40H2,1-4H3,(H,61,65)(H,62,66)/b29-23+,30-24+,47-35+,48-36+. The van der Waals surface area contributed by atoms with E-state index in [0.29, 0.717) is 11.8 Å². The van der Waals surface area contributed by atoms with Crippen LogP contribution < -0.4 is 20.4 Å². The third kappa shape index (κ3) is 13.6. The Morgan fingerprint density at radius 2 is 0.941 bits per heavy atom. The molecule has 2 N–H and O–H groups in total. The van der Waals surface area contributed by atoms with Crippen LogP contribution in [0.3, 0.4) is 0 Å². The van der Waals surface area contributed by atoms with Gasteiger partial charge in [-0.1, -0.05) is 100 Å².